The number of amides is 1. The Labute approximate surface area is 148 Å². The zero-order valence-electron chi connectivity index (χ0n) is 12.9. The molecule has 0 saturated heterocycles. The monoisotopic (exact) mass is 352 g/mol. The van der Waals surface area contributed by atoms with Crippen molar-refractivity contribution in [3.63, 3.8) is 0 Å². The van der Waals surface area contributed by atoms with E-state index in [0.717, 1.165) is 16.5 Å². The molecule has 1 aromatic carbocycles. The van der Waals surface area contributed by atoms with Crippen LogP contribution in [0, 0.1) is 0 Å². The van der Waals surface area contributed by atoms with Gasteiger partial charge in [-0.3, -0.25) is 4.79 Å². The molecule has 0 radical (unpaired) electrons. The lowest BCUT2D eigenvalue weighted by Crippen LogP contribution is -2.29. The third kappa shape index (κ3) is 3.00. The van der Waals surface area contributed by atoms with E-state index in [1.54, 1.807) is 22.7 Å². The molecular weight excluding hydrogens is 336 g/mol. The predicted octanol–water partition coefficient (Wildman–Crippen LogP) is 5.13. The molecule has 24 heavy (non-hydrogen) atoms. The molecule has 3 nitrogen and oxygen atoms in total. The number of thiophene rings is 2. The van der Waals surface area contributed by atoms with Gasteiger partial charge in [0, 0.05) is 32.4 Å². The van der Waals surface area contributed by atoms with Crippen LogP contribution in [-0.4, -0.2) is 15.8 Å². The molecule has 0 atom stereocenters. The van der Waals surface area contributed by atoms with Crippen LogP contribution in [0.3, 0.4) is 0 Å². The second-order valence-corrected chi connectivity index (χ2v) is 7.63. The zero-order valence-corrected chi connectivity index (χ0v) is 14.6. The summed E-state index contributed by atoms with van der Waals surface area (Å²) in [5.41, 5.74) is 1.75. The molecule has 0 aliphatic rings. The van der Waals surface area contributed by atoms with E-state index in [9.17, 15) is 4.79 Å². The highest BCUT2D eigenvalue weighted by Crippen LogP contribution is 2.23. The van der Waals surface area contributed by atoms with E-state index in [1.165, 1.54) is 9.75 Å². The number of nitrogens with zero attached hydrogens (tertiary/aromatic N) is 1. The number of nitrogens with one attached hydrogen (secondary N) is 1. The van der Waals surface area contributed by atoms with Gasteiger partial charge in [-0.15, -0.1) is 22.7 Å². The first-order valence-electron chi connectivity index (χ1n) is 7.71. The average Bonchev–Trinajstić information content (AvgIpc) is 3.35. The van der Waals surface area contributed by atoms with Gasteiger partial charge >= 0.3 is 0 Å². The first-order valence-corrected chi connectivity index (χ1v) is 9.47. The number of rotatable bonds is 5. The minimum absolute atomic E-state index is 0.0713. The van der Waals surface area contributed by atoms with E-state index in [0.29, 0.717) is 13.1 Å². The summed E-state index contributed by atoms with van der Waals surface area (Å²) in [4.78, 5) is 20.7. The Morgan fingerprint density at radius 2 is 1.62 bits per heavy atom. The van der Waals surface area contributed by atoms with Crippen molar-refractivity contribution in [1.82, 2.24) is 9.88 Å². The number of carbonyl (C=O) groups excluding carboxylic acids is 1. The molecule has 1 amide bonds. The van der Waals surface area contributed by atoms with Gasteiger partial charge in [-0.1, -0.05) is 18.2 Å². The van der Waals surface area contributed by atoms with Gasteiger partial charge in [0.15, 0.2) is 0 Å². The van der Waals surface area contributed by atoms with E-state index < -0.39 is 0 Å². The Morgan fingerprint density at radius 3 is 2.25 bits per heavy atom. The molecule has 4 aromatic rings. The Bertz CT molecular complexity index is 903. The van der Waals surface area contributed by atoms with E-state index in [2.05, 4.69) is 27.9 Å². The number of benzene rings is 1. The van der Waals surface area contributed by atoms with Crippen LogP contribution in [0.25, 0.3) is 10.9 Å². The number of hydrogen-bond acceptors (Lipinski definition) is 3. The number of aromatic amines is 1. The first kappa shape index (κ1) is 15.2. The SMILES string of the molecule is O=C(c1cccc2[nH]ccc12)N(Cc1cccs1)Cc1cccs1. The van der Waals surface area contributed by atoms with Crippen LogP contribution < -0.4 is 0 Å². The fourth-order valence-electron chi connectivity index (χ4n) is 2.82. The van der Waals surface area contributed by atoms with Crippen LogP contribution in [0.4, 0.5) is 0 Å². The smallest absolute Gasteiger partial charge is 0.255 e. The van der Waals surface area contributed by atoms with Gasteiger partial charge in [-0.2, -0.15) is 0 Å². The Hall–Kier alpha value is -2.37. The van der Waals surface area contributed by atoms with Crippen molar-refractivity contribution >= 4 is 39.5 Å². The molecule has 4 rings (SSSR count). The van der Waals surface area contributed by atoms with Gasteiger partial charge in [-0.05, 0) is 41.1 Å². The van der Waals surface area contributed by atoms with Crippen molar-refractivity contribution in [2.45, 2.75) is 13.1 Å². The van der Waals surface area contributed by atoms with Gasteiger partial charge in [-0.25, -0.2) is 0 Å². The summed E-state index contributed by atoms with van der Waals surface area (Å²) in [6.45, 7) is 1.27. The molecule has 0 aliphatic heterocycles. The maximum absolute atomic E-state index is 13.2. The van der Waals surface area contributed by atoms with Crippen molar-refractivity contribution in [3.8, 4) is 0 Å². The van der Waals surface area contributed by atoms with Crippen molar-refractivity contribution in [3.05, 3.63) is 80.8 Å². The summed E-state index contributed by atoms with van der Waals surface area (Å²) in [6, 6.07) is 16.0. The normalized spacial score (nSPS) is 11.0. The van der Waals surface area contributed by atoms with Gasteiger partial charge in [0.05, 0.1) is 13.1 Å². The van der Waals surface area contributed by atoms with Crippen molar-refractivity contribution < 1.29 is 4.79 Å². The Morgan fingerprint density at radius 1 is 0.917 bits per heavy atom. The highest BCUT2D eigenvalue weighted by molar-refractivity contribution is 7.10. The lowest BCUT2D eigenvalue weighted by molar-refractivity contribution is 0.0735. The molecule has 3 heterocycles. The third-order valence-electron chi connectivity index (χ3n) is 3.97. The quantitative estimate of drug-likeness (QED) is 0.531. The maximum Gasteiger partial charge on any atom is 0.255 e. The predicted molar refractivity (Wildman–Crippen MR) is 101 cm³/mol. The van der Waals surface area contributed by atoms with Crippen LogP contribution in [0.15, 0.2) is 65.5 Å². The van der Waals surface area contributed by atoms with Crippen molar-refractivity contribution in [1.29, 1.82) is 0 Å². The van der Waals surface area contributed by atoms with Crippen molar-refractivity contribution in [2.75, 3.05) is 0 Å². The minimum atomic E-state index is 0.0713. The minimum Gasteiger partial charge on any atom is -0.361 e. The molecular formula is C19H16N2OS2. The fourth-order valence-corrected chi connectivity index (χ4v) is 4.26. The number of carbonyl (C=O) groups is 1. The zero-order chi connectivity index (χ0) is 16.4. The lowest BCUT2D eigenvalue weighted by atomic mass is 10.1. The molecule has 5 heteroatoms. The molecule has 0 saturated carbocycles. The summed E-state index contributed by atoms with van der Waals surface area (Å²) in [7, 11) is 0. The van der Waals surface area contributed by atoms with Gasteiger partial charge < -0.3 is 9.88 Å². The standard InChI is InChI=1S/C19H16N2OS2/c22-19(17-6-1-7-18-16(17)8-9-20-18)21(12-14-4-2-10-23-14)13-15-5-3-11-24-15/h1-11,20H,12-13H2. The average molecular weight is 352 g/mol. The molecule has 3 aromatic heterocycles. The van der Waals surface area contributed by atoms with E-state index in [4.69, 9.17) is 0 Å². The molecule has 0 aliphatic carbocycles. The highest BCUT2D eigenvalue weighted by atomic mass is 32.1. The fraction of sp³-hybridized carbons (Fsp3) is 0.105. The largest absolute Gasteiger partial charge is 0.361 e. The Balaban J connectivity index is 1.68. The van der Waals surface area contributed by atoms with Crippen LogP contribution in [-0.2, 0) is 13.1 Å². The second-order valence-electron chi connectivity index (χ2n) is 5.56. The summed E-state index contributed by atoms with van der Waals surface area (Å²) in [5.74, 6) is 0.0713. The Kier molecular flexibility index (Phi) is 4.19. The topological polar surface area (TPSA) is 36.1 Å². The number of H-pyrrole nitrogens is 1. The van der Waals surface area contributed by atoms with E-state index in [1.807, 2.05) is 47.5 Å². The van der Waals surface area contributed by atoms with Crippen LogP contribution in [0.1, 0.15) is 20.1 Å². The summed E-state index contributed by atoms with van der Waals surface area (Å²) in [5, 5.41) is 5.08. The highest BCUT2D eigenvalue weighted by Gasteiger charge is 2.19. The second kappa shape index (κ2) is 6.63. The molecule has 0 fully saturated rings. The number of aromatic nitrogens is 1. The third-order valence-corrected chi connectivity index (χ3v) is 5.69. The first-order chi connectivity index (χ1) is 11.8. The number of fused-ring (bicyclic) bond motifs is 1. The van der Waals surface area contributed by atoms with E-state index >= 15 is 0 Å². The lowest BCUT2D eigenvalue weighted by Gasteiger charge is -2.22. The van der Waals surface area contributed by atoms with Gasteiger partial charge in [0.2, 0.25) is 0 Å². The molecule has 0 unspecified atom stereocenters. The van der Waals surface area contributed by atoms with Crippen LogP contribution in [0.5, 0.6) is 0 Å². The van der Waals surface area contributed by atoms with Gasteiger partial charge in [0.25, 0.3) is 5.91 Å². The van der Waals surface area contributed by atoms with Crippen molar-refractivity contribution in [2.24, 2.45) is 0 Å². The maximum atomic E-state index is 13.2. The van der Waals surface area contributed by atoms with Crippen LogP contribution in [0.2, 0.25) is 0 Å². The number of hydrogen-bond donors (Lipinski definition) is 1. The summed E-state index contributed by atoms with van der Waals surface area (Å²) >= 11 is 3.37. The van der Waals surface area contributed by atoms with E-state index in [-0.39, 0.29) is 5.91 Å². The molecule has 0 bridgehead atoms. The summed E-state index contributed by atoms with van der Waals surface area (Å²) < 4.78 is 0. The van der Waals surface area contributed by atoms with Crippen LogP contribution >= 0.6 is 22.7 Å². The molecule has 0 spiro atoms. The van der Waals surface area contributed by atoms with Gasteiger partial charge in [0.1, 0.15) is 0 Å². The molecule has 1 N–H and O–H groups in total. The molecule has 120 valence electrons. The summed E-state index contributed by atoms with van der Waals surface area (Å²) in [6.07, 6.45) is 1.88.